The fourth-order valence-corrected chi connectivity index (χ4v) is 1.95. The smallest absolute Gasteiger partial charge is 0.0700 e. The number of aliphatic hydroxyl groups excluding tert-OH is 1. The minimum atomic E-state index is -0.231. The summed E-state index contributed by atoms with van der Waals surface area (Å²) < 4.78 is 15.5. The molecule has 1 aliphatic heterocycles. The molecule has 0 aromatic carbocycles. The van der Waals surface area contributed by atoms with Crippen molar-refractivity contribution in [3.05, 3.63) is 0 Å². The van der Waals surface area contributed by atoms with Crippen molar-refractivity contribution in [1.29, 1.82) is 0 Å². The van der Waals surface area contributed by atoms with Crippen molar-refractivity contribution < 1.29 is 19.3 Å². The zero-order chi connectivity index (χ0) is 11.6. The maximum atomic E-state index is 9.81. The van der Waals surface area contributed by atoms with E-state index in [1.807, 2.05) is 0 Å². The van der Waals surface area contributed by atoms with Crippen LogP contribution >= 0.6 is 0 Å². The number of hydrogen-bond donors (Lipinski definition) is 1. The Labute approximate surface area is 97.9 Å². The van der Waals surface area contributed by atoms with Crippen LogP contribution in [0.4, 0.5) is 0 Å². The highest BCUT2D eigenvalue weighted by Crippen LogP contribution is 2.21. The van der Waals surface area contributed by atoms with Gasteiger partial charge in [-0.2, -0.15) is 0 Å². The summed E-state index contributed by atoms with van der Waals surface area (Å²) >= 11 is 0. The van der Waals surface area contributed by atoms with E-state index in [0.717, 1.165) is 38.9 Å². The topological polar surface area (TPSA) is 47.9 Å². The molecule has 16 heavy (non-hydrogen) atoms. The van der Waals surface area contributed by atoms with Crippen molar-refractivity contribution in [3.8, 4) is 0 Å². The van der Waals surface area contributed by atoms with Crippen LogP contribution in [-0.4, -0.2) is 51.4 Å². The third kappa shape index (κ3) is 6.43. The predicted molar refractivity (Wildman–Crippen MR) is 61.5 cm³/mol. The van der Waals surface area contributed by atoms with Gasteiger partial charge in [0.2, 0.25) is 0 Å². The Morgan fingerprint density at radius 1 is 1.25 bits per heavy atom. The Hall–Kier alpha value is -0.160. The number of ether oxygens (including phenoxy) is 3. The lowest BCUT2D eigenvalue weighted by atomic mass is 9.93. The van der Waals surface area contributed by atoms with Crippen LogP contribution in [0.5, 0.6) is 0 Å². The van der Waals surface area contributed by atoms with Crippen molar-refractivity contribution in [2.24, 2.45) is 5.92 Å². The summed E-state index contributed by atoms with van der Waals surface area (Å²) in [5, 5.41) is 9.81. The summed E-state index contributed by atoms with van der Waals surface area (Å²) in [7, 11) is 1.66. The van der Waals surface area contributed by atoms with Gasteiger partial charge in [0.1, 0.15) is 0 Å². The van der Waals surface area contributed by atoms with E-state index in [0.29, 0.717) is 25.7 Å². The molecule has 4 heteroatoms. The lowest BCUT2D eigenvalue weighted by molar-refractivity contribution is 0.0231. The van der Waals surface area contributed by atoms with E-state index in [9.17, 15) is 5.11 Å². The SMILES string of the molecule is COCCOCCC(O)CC1CCOCC1. The first kappa shape index (κ1) is 13.9. The van der Waals surface area contributed by atoms with Crippen LogP contribution in [-0.2, 0) is 14.2 Å². The highest BCUT2D eigenvalue weighted by molar-refractivity contribution is 4.68. The molecule has 0 aliphatic carbocycles. The zero-order valence-electron chi connectivity index (χ0n) is 10.2. The normalized spacial score (nSPS) is 19.9. The molecule has 0 bridgehead atoms. The minimum absolute atomic E-state index is 0.231. The minimum Gasteiger partial charge on any atom is -0.393 e. The van der Waals surface area contributed by atoms with Crippen LogP contribution in [0.15, 0.2) is 0 Å². The Balaban J connectivity index is 1.95. The summed E-state index contributed by atoms with van der Waals surface area (Å²) in [6.45, 7) is 3.55. The second-order valence-electron chi connectivity index (χ2n) is 4.34. The van der Waals surface area contributed by atoms with Crippen LogP contribution in [0.1, 0.15) is 25.7 Å². The van der Waals surface area contributed by atoms with Gasteiger partial charge in [0.25, 0.3) is 0 Å². The molecule has 0 amide bonds. The van der Waals surface area contributed by atoms with E-state index < -0.39 is 0 Å². The summed E-state index contributed by atoms with van der Waals surface area (Å²) in [6.07, 6.45) is 3.55. The molecule has 0 aromatic rings. The van der Waals surface area contributed by atoms with Crippen molar-refractivity contribution in [3.63, 3.8) is 0 Å². The fraction of sp³-hybridized carbons (Fsp3) is 1.00. The van der Waals surface area contributed by atoms with Crippen LogP contribution in [0.25, 0.3) is 0 Å². The Kier molecular flexibility index (Phi) is 7.76. The molecule has 1 atom stereocenters. The quantitative estimate of drug-likeness (QED) is 0.639. The van der Waals surface area contributed by atoms with Crippen molar-refractivity contribution in [2.45, 2.75) is 31.8 Å². The van der Waals surface area contributed by atoms with Gasteiger partial charge in [0.05, 0.1) is 19.3 Å². The highest BCUT2D eigenvalue weighted by Gasteiger charge is 2.17. The van der Waals surface area contributed by atoms with E-state index in [-0.39, 0.29) is 6.10 Å². The second kappa shape index (κ2) is 8.93. The predicted octanol–water partition coefficient (Wildman–Crippen LogP) is 1.22. The maximum Gasteiger partial charge on any atom is 0.0700 e. The molecule has 1 rings (SSSR count). The first-order chi connectivity index (χ1) is 7.83. The lowest BCUT2D eigenvalue weighted by Gasteiger charge is -2.24. The number of aliphatic hydroxyl groups is 1. The van der Waals surface area contributed by atoms with E-state index in [2.05, 4.69) is 0 Å². The highest BCUT2D eigenvalue weighted by atomic mass is 16.5. The van der Waals surface area contributed by atoms with E-state index >= 15 is 0 Å². The van der Waals surface area contributed by atoms with Gasteiger partial charge in [-0.05, 0) is 31.6 Å². The Morgan fingerprint density at radius 2 is 2.00 bits per heavy atom. The van der Waals surface area contributed by atoms with Crippen LogP contribution in [0, 0.1) is 5.92 Å². The molecule has 0 saturated carbocycles. The van der Waals surface area contributed by atoms with E-state index in [1.54, 1.807) is 7.11 Å². The van der Waals surface area contributed by atoms with Crippen LogP contribution in [0.2, 0.25) is 0 Å². The van der Waals surface area contributed by atoms with Crippen LogP contribution < -0.4 is 0 Å². The summed E-state index contributed by atoms with van der Waals surface area (Å²) in [4.78, 5) is 0. The Morgan fingerprint density at radius 3 is 2.69 bits per heavy atom. The average Bonchev–Trinajstić information content (AvgIpc) is 2.30. The van der Waals surface area contributed by atoms with Gasteiger partial charge in [-0.3, -0.25) is 0 Å². The van der Waals surface area contributed by atoms with E-state index in [4.69, 9.17) is 14.2 Å². The standard InChI is InChI=1S/C12H24O4/c1-14-8-9-16-7-4-12(13)10-11-2-5-15-6-3-11/h11-13H,2-10H2,1H3. The van der Waals surface area contributed by atoms with Gasteiger partial charge >= 0.3 is 0 Å². The summed E-state index contributed by atoms with van der Waals surface area (Å²) in [5.41, 5.74) is 0. The fourth-order valence-electron chi connectivity index (χ4n) is 1.95. The van der Waals surface area contributed by atoms with E-state index in [1.165, 1.54) is 0 Å². The van der Waals surface area contributed by atoms with Crippen molar-refractivity contribution >= 4 is 0 Å². The van der Waals surface area contributed by atoms with Gasteiger partial charge in [-0.15, -0.1) is 0 Å². The Bertz CT molecular complexity index is 157. The lowest BCUT2D eigenvalue weighted by Crippen LogP contribution is -2.22. The number of methoxy groups -OCH3 is 1. The third-order valence-electron chi connectivity index (χ3n) is 2.97. The van der Waals surface area contributed by atoms with Gasteiger partial charge in [0.15, 0.2) is 0 Å². The monoisotopic (exact) mass is 232 g/mol. The van der Waals surface area contributed by atoms with Crippen LogP contribution in [0.3, 0.4) is 0 Å². The molecule has 1 aliphatic rings. The molecule has 96 valence electrons. The number of hydrogen-bond acceptors (Lipinski definition) is 4. The van der Waals surface area contributed by atoms with Gasteiger partial charge in [-0.1, -0.05) is 0 Å². The van der Waals surface area contributed by atoms with Crippen molar-refractivity contribution in [2.75, 3.05) is 40.1 Å². The second-order valence-corrected chi connectivity index (χ2v) is 4.34. The first-order valence-corrected chi connectivity index (χ1v) is 6.15. The van der Waals surface area contributed by atoms with Gasteiger partial charge in [0, 0.05) is 26.9 Å². The summed E-state index contributed by atoms with van der Waals surface area (Å²) in [6, 6.07) is 0. The molecule has 1 fully saturated rings. The largest absolute Gasteiger partial charge is 0.393 e. The maximum absolute atomic E-state index is 9.81. The average molecular weight is 232 g/mol. The molecule has 1 heterocycles. The first-order valence-electron chi connectivity index (χ1n) is 6.15. The molecule has 0 aromatic heterocycles. The van der Waals surface area contributed by atoms with Gasteiger partial charge < -0.3 is 19.3 Å². The summed E-state index contributed by atoms with van der Waals surface area (Å²) in [5.74, 6) is 0.628. The molecule has 0 spiro atoms. The van der Waals surface area contributed by atoms with Gasteiger partial charge in [-0.25, -0.2) is 0 Å². The molecule has 4 nitrogen and oxygen atoms in total. The molecule has 0 radical (unpaired) electrons. The molecular formula is C12H24O4. The molecule has 1 unspecified atom stereocenters. The number of rotatable bonds is 8. The van der Waals surface area contributed by atoms with Crippen molar-refractivity contribution in [1.82, 2.24) is 0 Å². The third-order valence-corrected chi connectivity index (χ3v) is 2.97. The zero-order valence-corrected chi connectivity index (χ0v) is 10.2. The molecular weight excluding hydrogens is 208 g/mol. The molecule has 1 N–H and O–H groups in total. The molecule has 1 saturated heterocycles.